The maximum Gasteiger partial charge on any atom is 0.319 e. The monoisotopic (exact) mass is 897 g/mol. The number of halogens is 4. The summed E-state index contributed by atoms with van der Waals surface area (Å²) in [6, 6.07) is 26.5. The summed E-state index contributed by atoms with van der Waals surface area (Å²) in [5.74, 6) is -0.725. The third-order valence-electron chi connectivity index (χ3n) is 12.9. The topological polar surface area (TPSA) is 91.3 Å². The minimum absolute atomic E-state index is 0.0684. The van der Waals surface area contributed by atoms with Gasteiger partial charge in [-0.1, -0.05) is 99.1 Å². The molecule has 0 bridgehead atoms. The fourth-order valence-electron chi connectivity index (χ4n) is 9.96. The minimum atomic E-state index is -2.94. The molecule has 2 aromatic heterocycles. The highest BCUT2D eigenvalue weighted by Gasteiger charge is 2.51. The van der Waals surface area contributed by atoms with Crippen molar-refractivity contribution in [1.29, 1.82) is 0 Å². The number of hydrogen-bond donors (Lipinski definition) is 0. The Labute approximate surface area is 371 Å². The van der Waals surface area contributed by atoms with E-state index in [1.54, 1.807) is 18.2 Å². The Kier molecular flexibility index (Phi) is 11.8. The number of anilines is 1. The summed E-state index contributed by atoms with van der Waals surface area (Å²) in [5, 5.41) is 2.80. The second kappa shape index (κ2) is 17.2. The van der Waals surface area contributed by atoms with Crippen LogP contribution in [0.2, 0.25) is 10.1 Å². The Hall–Kier alpha value is -4.99. The molecule has 9 rings (SSSR count). The molecule has 0 aliphatic carbocycles. The minimum Gasteiger partial charge on any atom is -0.475 e. The van der Waals surface area contributed by atoms with Gasteiger partial charge in [0.2, 0.25) is 5.88 Å². The van der Waals surface area contributed by atoms with Gasteiger partial charge in [0, 0.05) is 37.6 Å². The molecule has 0 N–H and O–H groups in total. The maximum atomic E-state index is 17.7. The molecule has 0 radical (unpaired) electrons. The Morgan fingerprint density at radius 1 is 0.937 bits per heavy atom. The maximum absolute atomic E-state index is 17.7. The van der Waals surface area contributed by atoms with E-state index >= 15 is 8.78 Å². The molecule has 10 nitrogen and oxygen atoms in total. The lowest BCUT2D eigenvalue weighted by atomic mass is 9.95. The number of rotatable bonds is 13. The first-order valence-corrected chi connectivity index (χ1v) is 23.7. The van der Waals surface area contributed by atoms with Crippen molar-refractivity contribution in [2.75, 3.05) is 58.3 Å². The summed E-state index contributed by atoms with van der Waals surface area (Å²) >= 11 is 6.64. The molecule has 3 aliphatic rings. The van der Waals surface area contributed by atoms with E-state index < -0.39 is 31.7 Å². The first-order chi connectivity index (χ1) is 30.3. The van der Waals surface area contributed by atoms with E-state index in [4.69, 9.17) is 49.9 Å². The lowest BCUT2D eigenvalue weighted by molar-refractivity contribution is 0.0512. The molecular weight excluding hydrogens is 847 g/mol. The summed E-state index contributed by atoms with van der Waals surface area (Å²) in [6.45, 7) is 10.7. The fourth-order valence-corrected chi connectivity index (χ4v) is 14.8. The standard InChI is InChI=1S/C48H51ClF3N5O5Si/c1-30-27-59-45-39-43(41(52)42(53-45)36-24-33(61-29-58-5)23-31-17-18-37(51)40(49)38(31)36)54-46(60-28-48-19-12-20-56(48)26-32(50)25-48)55-44(39)57(30)21-22-62-63(47(2,3)4,34-13-8-6-9-14-34)35-15-10-7-11-16-35/h6-11,13-18,23-24,30,32H,12,19-22,25-29H2,1-5H3/t30-,32+,48-/m0/s1. The van der Waals surface area contributed by atoms with Crippen molar-refractivity contribution < 1.29 is 36.5 Å². The van der Waals surface area contributed by atoms with Gasteiger partial charge in [-0.3, -0.25) is 4.90 Å². The van der Waals surface area contributed by atoms with Gasteiger partial charge in [-0.2, -0.15) is 9.97 Å². The fraction of sp³-hybridized carbons (Fsp3) is 0.396. The van der Waals surface area contributed by atoms with Gasteiger partial charge >= 0.3 is 6.01 Å². The third kappa shape index (κ3) is 7.77. The van der Waals surface area contributed by atoms with Crippen molar-refractivity contribution in [3.8, 4) is 28.9 Å². The molecule has 63 heavy (non-hydrogen) atoms. The average molecular weight is 898 g/mol. The molecule has 6 aromatic rings. The van der Waals surface area contributed by atoms with Gasteiger partial charge in [0.25, 0.3) is 8.32 Å². The smallest absolute Gasteiger partial charge is 0.319 e. The van der Waals surface area contributed by atoms with E-state index in [-0.39, 0.29) is 75.5 Å². The molecule has 0 amide bonds. The summed E-state index contributed by atoms with van der Waals surface area (Å²) in [5.41, 5.74) is -0.637. The second-order valence-electron chi connectivity index (χ2n) is 17.8. The molecule has 5 heterocycles. The largest absolute Gasteiger partial charge is 0.475 e. The van der Waals surface area contributed by atoms with Crippen molar-refractivity contribution >= 4 is 57.8 Å². The van der Waals surface area contributed by atoms with Crippen LogP contribution in [0.5, 0.6) is 17.6 Å². The van der Waals surface area contributed by atoms with E-state index in [1.165, 1.54) is 13.2 Å². The van der Waals surface area contributed by atoms with E-state index in [9.17, 15) is 4.39 Å². The van der Waals surface area contributed by atoms with Crippen molar-refractivity contribution in [2.45, 2.75) is 69.7 Å². The predicted molar refractivity (Wildman–Crippen MR) is 242 cm³/mol. The molecule has 0 saturated carbocycles. The summed E-state index contributed by atoms with van der Waals surface area (Å²) in [4.78, 5) is 18.7. The summed E-state index contributed by atoms with van der Waals surface area (Å²) in [6.07, 6.45) is 1.06. The van der Waals surface area contributed by atoms with Crippen LogP contribution in [0.1, 0.15) is 47.0 Å². The summed E-state index contributed by atoms with van der Waals surface area (Å²) < 4.78 is 79.0. The number of methoxy groups -OCH3 is 1. The Bertz CT molecular complexity index is 2600. The first kappa shape index (κ1) is 43.3. The van der Waals surface area contributed by atoms with Gasteiger partial charge in [-0.15, -0.1) is 0 Å². The van der Waals surface area contributed by atoms with Crippen LogP contribution in [0.3, 0.4) is 0 Å². The van der Waals surface area contributed by atoms with E-state index in [0.717, 1.165) is 29.8 Å². The predicted octanol–water partition coefficient (Wildman–Crippen LogP) is 8.88. The molecule has 330 valence electrons. The van der Waals surface area contributed by atoms with Crippen LogP contribution in [0.4, 0.5) is 19.0 Å². The van der Waals surface area contributed by atoms with Crippen LogP contribution in [0, 0.1) is 11.6 Å². The van der Waals surface area contributed by atoms with Crippen LogP contribution in [-0.4, -0.2) is 99.3 Å². The normalized spacial score (nSPS) is 20.2. The van der Waals surface area contributed by atoms with E-state index in [1.807, 2.05) is 24.0 Å². The van der Waals surface area contributed by atoms with E-state index in [0.29, 0.717) is 43.1 Å². The lowest BCUT2D eigenvalue weighted by Gasteiger charge is -2.43. The van der Waals surface area contributed by atoms with Crippen molar-refractivity contribution in [1.82, 2.24) is 19.9 Å². The van der Waals surface area contributed by atoms with Gasteiger partial charge in [-0.05, 0) is 65.3 Å². The van der Waals surface area contributed by atoms with Gasteiger partial charge in [0.15, 0.2) is 12.6 Å². The van der Waals surface area contributed by atoms with Crippen LogP contribution in [0.15, 0.2) is 84.9 Å². The zero-order chi connectivity index (χ0) is 44.1. The van der Waals surface area contributed by atoms with E-state index in [2.05, 4.69) is 74.2 Å². The molecule has 3 aliphatic heterocycles. The molecule has 15 heteroatoms. The van der Waals surface area contributed by atoms with Gasteiger partial charge in [-0.25, -0.2) is 18.2 Å². The van der Waals surface area contributed by atoms with Crippen molar-refractivity contribution in [3.63, 3.8) is 0 Å². The van der Waals surface area contributed by atoms with Crippen molar-refractivity contribution in [3.05, 3.63) is 102 Å². The Morgan fingerprint density at radius 2 is 1.67 bits per heavy atom. The molecule has 0 unspecified atom stereocenters. The number of alkyl halides is 1. The van der Waals surface area contributed by atoms with Gasteiger partial charge in [0.05, 0.1) is 23.2 Å². The SMILES string of the molecule is COCOc1cc(-c2nc3c4c(nc(OC[C@@]56CCCN5C[C@H](F)C6)nc4c2F)N(CCO[Si](c2ccccc2)(c2ccccc2)C(C)(C)C)[C@@H](C)CO3)c2c(Cl)c(F)ccc2c1. The molecule has 0 spiro atoms. The highest BCUT2D eigenvalue weighted by molar-refractivity contribution is 6.99. The number of fused-ring (bicyclic) bond motifs is 2. The highest BCUT2D eigenvalue weighted by atomic mass is 35.5. The zero-order valence-corrected chi connectivity index (χ0v) is 37.9. The van der Waals surface area contributed by atoms with Gasteiger partial charge < -0.3 is 28.3 Å². The van der Waals surface area contributed by atoms with Gasteiger partial charge in [0.1, 0.15) is 53.4 Å². The molecule has 2 saturated heterocycles. The van der Waals surface area contributed by atoms with Crippen LogP contribution in [0.25, 0.3) is 32.9 Å². The van der Waals surface area contributed by atoms with Crippen LogP contribution >= 0.6 is 11.6 Å². The highest BCUT2D eigenvalue weighted by Crippen LogP contribution is 2.45. The molecule has 4 aromatic carbocycles. The Morgan fingerprint density at radius 3 is 2.37 bits per heavy atom. The average Bonchev–Trinajstić information content (AvgIpc) is 3.77. The number of pyridine rings is 1. The lowest BCUT2D eigenvalue weighted by Crippen LogP contribution is -2.67. The number of ether oxygens (including phenoxy) is 4. The van der Waals surface area contributed by atoms with Crippen LogP contribution in [-0.2, 0) is 9.16 Å². The Balaban J connectivity index is 1.18. The third-order valence-corrected chi connectivity index (χ3v) is 18.3. The summed E-state index contributed by atoms with van der Waals surface area (Å²) in [7, 11) is -1.45. The molecule has 2 fully saturated rings. The first-order valence-electron chi connectivity index (χ1n) is 21.4. The second-order valence-corrected chi connectivity index (χ2v) is 22.5. The van der Waals surface area contributed by atoms with Crippen LogP contribution < -0.4 is 29.5 Å². The zero-order valence-electron chi connectivity index (χ0n) is 36.1. The number of nitrogens with zero attached hydrogens (tertiary/aromatic N) is 5. The molecule has 3 atom stereocenters. The van der Waals surface area contributed by atoms with Crippen molar-refractivity contribution in [2.24, 2.45) is 0 Å². The number of benzene rings is 4. The quantitative estimate of drug-likeness (QED) is 0.0828. The number of aromatic nitrogens is 3. The molecular formula is C48H51ClF3N5O5Si. The number of hydrogen-bond acceptors (Lipinski definition) is 10.